The zero-order valence-corrected chi connectivity index (χ0v) is 9.85. The molecule has 5 nitrogen and oxygen atoms in total. The molecule has 0 unspecified atom stereocenters. The van der Waals surface area contributed by atoms with Crippen LogP contribution in [-0.2, 0) is 10.9 Å². The molecule has 18 heavy (non-hydrogen) atoms. The van der Waals surface area contributed by atoms with Gasteiger partial charge in [-0.15, -0.1) is 0 Å². The van der Waals surface area contributed by atoms with Gasteiger partial charge in [-0.25, -0.2) is 9.78 Å². The van der Waals surface area contributed by atoms with Crippen LogP contribution in [0.15, 0.2) is 0 Å². The SMILES string of the molecule is O=C(O)c1sc(N2CCOCC2)nc1C(F)(F)F. The second-order valence-electron chi connectivity index (χ2n) is 3.58. The molecule has 0 saturated carbocycles. The molecule has 0 spiro atoms. The summed E-state index contributed by atoms with van der Waals surface area (Å²) in [7, 11) is 0. The molecule has 9 heteroatoms. The standard InChI is InChI=1S/C9H9F3N2O3S/c10-9(11,12)6-5(7(15)16)18-8(13-6)14-1-3-17-4-2-14/h1-4H2,(H,15,16). The quantitative estimate of drug-likeness (QED) is 0.894. The zero-order valence-electron chi connectivity index (χ0n) is 9.03. The summed E-state index contributed by atoms with van der Waals surface area (Å²) < 4.78 is 43.0. The van der Waals surface area contributed by atoms with Crippen molar-refractivity contribution >= 4 is 22.4 Å². The highest BCUT2D eigenvalue weighted by atomic mass is 32.1. The van der Waals surface area contributed by atoms with E-state index in [1.54, 1.807) is 4.90 Å². The molecule has 1 saturated heterocycles. The van der Waals surface area contributed by atoms with Crippen LogP contribution in [0, 0.1) is 0 Å². The Labute approximate surface area is 104 Å². The lowest BCUT2D eigenvalue weighted by atomic mass is 10.3. The van der Waals surface area contributed by atoms with E-state index in [9.17, 15) is 18.0 Å². The van der Waals surface area contributed by atoms with E-state index < -0.39 is 22.7 Å². The number of halogens is 3. The highest BCUT2D eigenvalue weighted by Gasteiger charge is 2.40. The molecule has 1 aliphatic rings. The molecule has 0 amide bonds. The molecule has 0 bridgehead atoms. The maximum atomic E-state index is 12.6. The minimum atomic E-state index is -4.76. The monoisotopic (exact) mass is 282 g/mol. The third kappa shape index (κ3) is 2.56. The van der Waals surface area contributed by atoms with Gasteiger partial charge in [0.15, 0.2) is 10.8 Å². The largest absolute Gasteiger partial charge is 0.477 e. The van der Waals surface area contributed by atoms with Gasteiger partial charge in [0.05, 0.1) is 13.2 Å². The Morgan fingerprint density at radius 2 is 2.00 bits per heavy atom. The predicted octanol–water partition coefficient (Wildman–Crippen LogP) is 1.70. The first-order chi connectivity index (χ1) is 8.39. The molecule has 1 aromatic rings. The molecule has 2 rings (SSSR count). The maximum absolute atomic E-state index is 12.6. The van der Waals surface area contributed by atoms with Crippen molar-refractivity contribution in [3.05, 3.63) is 10.6 Å². The molecule has 0 atom stereocenters. The third-order valence-corrected chi connectivity index (χ3v) is 3.46. The average Bonchev–Trinajstić information content (AvgIpc) is 2.74. The molecule has 1 aliphatic heterocycles. The van der Waals surface area contributed by atoms with Crippen LogP contribution in [0.25, 0.3) is 0 Å². The fraction of sp³-hybridized carbons (Fsp3) is 0.556. The molecule has 0 radical (unpaired) electrons. The Balaban J connectivity index is 2.35. The normalized spacial score (nSPS) is 16.9. The van der Waals surface area contributed by atoms with Gasteiger partial charge >= 0.3 is 12.1 Å². The van der Waals surface area contributed by atoms with E-state index in [1.807, 2.05) is 0 Å². The highest BCUT2D eigenvalue weighted by Crippen LogP contribution is 2.37. The number of morpholine rings is 1. The Morgan fingerprint density at radius 1 is 1.39 bits per heavy atom. The third-order valence-electron chi connectivity index (χ3n) is 2.36. The fourth-order valence-corrected chi connectivity index (χ4v) is 2.51. The predicted molar refractivity (Wildman–Crippen MR) is 57.1 cm³/mol. The van der Waals surface area contributed by atoms with Crippen LogP contribution in [0.2, 0.25) is 0 Å². The lowest BCUT2D eigenvalue weighted by Crippen LogP contribution is -2.36. The van der Waals surface area contributed by atoms with Crippen molar-refractivity contribution in [2.24, 2.45) is 0 Å². The number of rotatable bonds is 2. The molecule has 100 valence electrons. The minimum Gasteiger partial charge on any atom is -0.477 e. The van der Waals surface area contributed by atoms with Gasteiger partial charge in [0.25, 0.3) is 0 Å². The number of anilines is 1. The molecular weight excluding hydrogens is 273 g/mol. The first-order valence-electron chi connectivity index (χ1n) is 5.03. The van der Waals surface area contributed by atoms with Gasteiger partial charge < -0.3 is 14.7 Å². The summed E-state index contributed by atoms with van der Waals surface area (Å²) in [6.45, 7) is 1.60. The molecule has 0 aromatic carbocycles. The summed E-state index contributed by atoms with van der Waals surface area (Å²) >= 11 is 0.541. The Bertz CT molecular complexity index is 454. The number of carbonyl (C=O) groups is 1. The van der Waals surface area contributed by atoms with Crippen LogP contribution in [0.3, 0.4) is 0 Å². The van der Waals surface area contributed by atoms with Crippen LogP contribution in [-0.4, -0.2) is 42.4 Å². The first kappa shape index (κ1) is 13.1. The van der Waals surface area contributed by atoms with Gasteiger partial charge in [0.2, 0.25) is 0 Å². The van der Waals surface area contributed by atoms with Gasteiger partial charge in [-0.1, -0.05) is 11.3 Å². The van der Waals surface area contributed by atoms with Crippen LogP contribution >= 0.6 is 11.3 Å². The van der Waals surface area contributed by atoms with Gasteiger partial charge in [-0.2, -0.15) is 13.2 Å². The van der Waals surface area contributed by atoms with E-state index in [0.29, 0.717) is 37.6 Å². The van der Waals surface area contributed by atoms with Crippen molar-refractivity contribution in [2.45, 2.75) is 6.18 Å². The Kier molecular flexibility index (Phi) is 3.44. The van der Waals surface area contributed by atoms with E-state index in [4.69, 9.17) is 9.84 Å². The Hall–Kier alpha value is -1.35. The summed E-state index contributed by atoms with van der Waals surface area (Å²) in [6.07, 6.45) is -4.76. The Morgan fingerprint density at radius 3 is 2.44 bits per heavy atom. The average molecular weight is 282 g/mol. The zero-order chi connectivity index (χ0) is 13.3. The van der Waals surface area contributed by atoms with E-state index >= 15 is 0 Å². The number of alkyl halides is 3. The number of nitrogens with zero attached hydrogens (tertiary/aromatic N) is 2. The number of aromatic nitrogens is 1. The van der Waals surface area contributed by atoms with E-state index in [-0.39, 0.29) is 5.13 Å². The first-order valence-corrected chi connectivity index (χ1v) is 5.85. The van der Waals surface area contributed by atoms with Gasteiger partial charge in [-0.05, 0) is 0 Å². The number of carboxylic acids is 1. The van der Waals surface area contributed by atoms with E-state index in [0.717, 1.165) is 0 Å². The second-order valence-corrected chi connectivity index (χ2v) is 4.55. The number of hydrogen-bond donors (Lipinski definition) is 1. The summed E-state index contributed by atoms with van der Waals surface area (Å²) in [5.74, 6) is -1.61. The van der Waals surface area contributed by atoms with Crippen LogP contribution in [0.5, 0.6) is 0 Å². The van der Waals surface area contributed by atoms with Crippen molar-refractivity contribution in [3.8, 4) is 0 Å². The molecular formula is C9H9F3N2O3S. The van der Waals surface area contributed by atoms with Crippen LogP contribution < -0.4 is 4.90 Å². The minimum absolute atomic E-state index is 0.0722. The summed E-state index contributed by atoms with van der Waals surface area (Å²) in [4.78, 5) is 15.0. The number of ether oxygens (including phenoxy) is 1. The number of thiazole rings is 1. The van der Waals surface area contributed by atoms with Crippen LogP contribution in [0.1, 0.15) is 15.4 Å². The van der Waals surface area contributed by atoms with Crippen LogP contribution in [0.4, 0.5) is 18.3 Å². The topological polar surface area (TPSA) is 62.7 Å². The van der Waals surface area contributed by atoms with Crippen molar-refractivity contribution < 1.29 is 27.8 Å². The molecule has 1 N–H and O–H groups in total. The second kappa shape index (κ2) is 4.73. The molecule has 0 aliphatic carbocycles. The van der Waals surface area contributed by atoms with E-state index in [1.165, 1.54) is 0 Å². The van der Waals surface area contributed by atoms with Gasteiger partial charge in [0.1, 0.15) is 4.88 Å². The van der Waals surface area contributed by atoms with Gasteiger partial charge in [-0.3, -0.25) is 0 Å². The molecule has 1 fully saturated rings. The smallest absolute Gasteiger partial charge is 0.435 e. The van der Waals surface area contributed by atoms with Gasteiger partial charge in [0, 0.05) is 13.1 Å². The van der Waals surface area contributed by atoms with Crippen molar-refractivity contribution in [1.82, 2.24) is 4.98 Å². The fourth-order valence-electron chi connectivity index (χ4n) is 1.54. The lowest BCUT2D eigenvalue weighted by molar-refractivity contribution is -0.141. The summed E-state index contributed by atoms with van der Waals surface area (Å²) in [6, 6.07) is 0. The number of carboxylic acid groups (broad SMARTS) is 1. The summed E-state index contributed by atoms with van der Waals surface area (Å²) in [5.41, 5.74) is -1.33. The van der Waals surface area contributed by atoms with Crippen molar-refractivity contribution in [1.29, 1.82) is 0 Å². The highest BCUT2D eigenvalue weighted by molar-refractivity contribution is 7.17. The maximum Gasteiger partial charge on any atom is 0.435 e. The van der Waals surface area contributed by atoms with Crippen molar-refractivity contribution in [3.63, 3.8) is 0 Å². The number of aromatic carboxylic acids is 1. The lowest BCUT2D eigenvalue weighted by Gasteiger charge is -2.26. The molecule has 2 heterocycles. The molecule has 1 aromatic heterocycles. The summed E-state index contributed by atoms with van der Waals surface area (Å²) in [5, 5.41) is 8.84. The van der Waals surface area contributed by atoms with Crippen molar-refractivity contribution in [2.75, 3.05) is 31.2 Å². The van der Waals surface area contributed by atoms with E-state index in [2.05, 4.69) is 4.98 Å². The number of hydrogen-bond acceptors (Lipinski definition) is 5.